The number of nitrogens with zero attached hydrogens (tertiary/aromatic N) is 2. The number of carbonyl (C=O) groups is 1. The Balaban J connectivity index is 0. The van der Waals surface area contributed by atoms with E-state index in [1.165, 1.54) is 0 Å². The van der Waals surface area contributed by atoms with Crippen LogP contribution in [0, 0.1) is 5.41 Å². The van der Waals surface area contributed by atoms with E-state index in [4.69, 9.17) is 4.74 Å². The summed E-state index contributed by atoms with van der Waals surface area (Å²) in [5, 5.41) is 6.18. The van der Waals surface area contributed by atoms with Gasteiger partial charge in [-0.15, -0.1) is 24.0 Å². The average Bonchev–Trinajstić information content (AvgIpc) is 2.33. The molecule has 0 fully saturated rings. The summed E-state index contributed by atoms with van der Waals surface area (Å²) in [4.78, 5) is 18.5. The molecule has 0 aromatic carbocycles. The zero-order chi connectivity index (χ0) is 18.3. The van der Waals surface area contributed by atoms with Crippen molar-refractivity contribution >= 4 is 35.8 Å². The highest BCUT2D eigenvalue weighted by atomic mass is 127. The van der Waals surface area contributed by atoms with Gasteiger partial charge in [-0.3, -0.25) is 9.79 Å². The maximum absolute atomic E-state index is 12.1. The summed E-state index contributed by atoms with van der Waals surface area (Å²) in [6.45, 7) is 15.9. The first-order valence-electron chi connectivity index (χ1n) is 8.24. The van der Waals surface area contributed by atoms with E-state index in [0.717, 1.165) is 6.54 Å². The van der Waals surface area contributed by atoms with E-state index in [9.17, 15) is 4.79 Å². The van der Waals surface area contributed by atoms with Crippen LogP contribution < -0.4 is 10.6 Å². The molecule has 0 bridgehead atoms. The molecule has 2 N–H and O–H groups in total. The minimum Gasteiger partial charge on any atom is -0.379 e. The van der Waals surface area contributed by atoms with Gasteiger partial charge in [0.05, 0.1) is 19.2 Å². The quantitative estimate of drug-likeness (QED) is 0.366. The first-order chi connectivity index (χ1) is 10.4. The summed E-state index contributed by atoms with van der Waals surface area (Å²) in [7, 11) is 3.57. The van der Waals surface area contributed by atoms with Crippen molar-refractivity contribution in [1.82, 2.24) is 15.5 Å². The molecule has 0 aliphatic heterocycles. The third-order valence-electron chi connectivity index (χ3n) is 3.25. The predicted molar refractivity (Wildman–Crippen MR) is 112 cm³/mol. The van der Waals surface area contributed by atoms with Crippen LogP contribution in [0.25, 0.3) is 0 Å². The molecule has 0 aromatic heterocycles. The van der Waals surface area contributed by atoms with Crippen LogP contribution in [0.1, 0.15) is 48.5 Å². The molecular formula is C17H37IN4O2. The second-order valence-electron chi connectivity index (χ2n) is 7.94. The molecule has 0 rings (SSSR count). The van der Waals surface area contributed by atoms with Crippen LogP contribution in [0.5, 0.6) is 0 Å². The Labute approximate surface area is 165 Å². The highest BCUT2D eigenvalue weighted by Gasteiger charge is 2.24. The van der Waals surface area contributed by atoms with Gasteiger partial charge >= 0.3 is 0 Å². The molecule has 0 heterocycles. The van der Waals surface area contributed by atoms with Gasteiger partial charge in [-0.2, -0.15) is 0 Å². The van der Waals surface area contributed by atoms with Gasteiger partial charge in [0.15, 0.2) is 5.96 Å². The lowest BCUT2D eigenvalue weighted by Crippen LogP contribution is -2.49. The van der Waals surface area contributed by atoms with Crippen LogP contribution in [0.3, 0.4) is 0 Å². The van der Waals surface area contributed by atoms with Crippen LogP contribution >= 0.6 is 24.0 Å². The van der Waals surface area contributed by atoms with E-state index in [-0.39, 0.29) is 53.5 Å². The molecule has 0 saturated carbocycles. The van der Waals surface area contributed by atoms with E-state index in [2.05, 4.69) is 36.4 Å². The zero-order valence-electron chi connectivity index (χ0n) is 16.8. The highest BCUT2D eigenvalue weighted by molar-refractivity contribution is 14.0. The van der Waals surface area contributed by atoms with Crippen molar-refractivity contribution in [2.75, 3.05) is 33.8 Å². The number of carbonyl (C=O) groups excluding carboxylic acids is 1. The van der Waals surface area contributed by atoms with E-state index < -0.39 is 0 Å². The van der Waals surface area contributed by atoms with E-state index >= 15 is 0 Å². The number of amides is 1. The number of halogens is 1. The summed E-state index contributed by atoms with van der Waals surface area (Å²) in [6.07, 6.45) is 0.0213. The fourth-order valence-electron chi connectivity index (χ4n) is 2.09. The van der Waals surface area contributed by atoms with Crippen molar-refractivity contribution in [3.63, 3.8) is 0 Å². The molecule has 0 aliphatic rings. The Morgan fingerprint density at radius 3 is 2.12 bits per heavy atom. The Kier molecular flexibility index (Phi) is 11.9. The van der Waals surface area contributed by atoms with Gasteiger partial charge in [-0.1, -0.05) is 20.8 Å². The lowest BCUT2D eigenvalue weighted by Gasteiger charge is -2.29. The lowest BCUT2D eigenvalue weighted by atomic mass is 9.89. The number of ether oxygens (including phenoxy) is 1. The molecule has 0 radical (unpaired) electrons. The van der Waals surface area contributed by atoms with E-state index in [1.54, 1.807) is 7.11 Å². The highest BCUT2D eigenvalue weighted by Crippen LogP contribution is 2.21. The Hall–Kier alpha value is -0.570. The molecule has 1 unspecified atom stereocenters. The second-order valence-corrected chi connectivity index (χ2v) is 7.94. The normalized spacial score (nSPS) is 13.8. The molecule has 6 nitrogen and oxygen atoms in total. The number of rotatable bonds is 6. The lowest BCUT2D eigenvalue weighted by molar-refractivity contribution is -0.122. The second kappa shape index (κ2) is 11.1. The van der Waals surface area contributed by atoms with Crippen molar-refractivity contribution in [3.8, 4) is 0 Å². The minimum absolute atomic E-state index is 0. The average molecular weight is 456 g/mol. The minimum atomic E-state index is -0.235. The van der Waals surface area contributed by atoms with Crippen molar-refractivity contribution in [2.45, 2.75) is 60.1 Å². The van der Waals surface area contributed by atoms with Crippen LogP contribution in [0.4, 0.5) is 0 Å². The van der Waals surface area contributed by atoms with Gasteiger partial charge in [-0.25, -0.2) is 0 Å². The molecule has 144 valence electrons. The molecular weight excluding hydrogens is 419 g/mol. The van der Waals surface area contributed by atoms with Crippen molar-refractivity contribution in [2.24, 2.45) is 10.4 Å². The largest absolute Gasteiger partial charge is 0.379 e. The Morgan fingerprint density at radius 2 is 1.75 bits per heavy atom. The number of likely N-dealkylation sites (N-methyl/N-ethyl adjacent to an activating group) is 1. The van der Waals surface area contributed by atoms with Gasteiger partial charge in [0, 0.05) is 26.2 Å². The molecule has 1 amide bonds. The number of hydrogen-bond donors (Lipinski definition) is 2. The standard InChI is InChI=1S/C17H36N4O2.HI/c1-10-18-15(19-11-13(23-9)16(2,3)4)21(8)12-14(22)20-17(5,6)7;/h13H,10-12H2,1-9H3,(H,18,19)(H,20,22);1H. The van der Waals surface area contributed by atoms with Crippen molar-refractivity contribution < 1.29 is 9.53 Å². The Bertz CT molecular complexity index is 400. The van der Waals surface area contributed by atoms with Gasteiger partial charge in [0.2, 0.25) is 5.91 Å². The molecule has 0 aliphatic carbocycles. The van der Waals surface area contributed by atoms with Crippen LogP contribution in [-0.2, 0) is 9.53 Å². The predicted octanol–water partition coefficient (Wildman–Crippen LogP) is 2.48. The summed E-state index contributed by atoms with van der Waals surface area (Å²) < 4.78 is 5.54. The van der Waals surface area contributed by atoms with Gasteiger partial charge in [-0.05, 0) is 33.1 Å². The zero-order valence-corrected chi connectivity index (χ0v) is 19.1. The third kappa shape index (κ3) is 11.1. The summed E-state index contributed by atoms with van der Waals surface area (Å²) >= 11 is 0. The first kappa shape index (κ1) is 25.7. The van der Waals surface area contributed by atoms with Gasteiger partial charge in [0.1, 0.15) is 0 Å². The summed E-state index contributed by atoms with van der Waals surface area (Å²) in [5.74, 6) is 0.688. The molecule has 24 heavy (non-hydrogen) atoms. The number of aliphatic imine (C=N–C) groups is 1. The molecule has 7 heteroatoms. The monoisotopic (exact) mass is 456 g/mol. The van der Waals surface area contributed by atoms with Crippen molar-refractivity contribution in [3.05, 3.63) is 0 Å². The maximum atomic E-state index is 12.1. The number of nitrogens with one attached hydrogen (secondary N) is 2. The van der Waals surface area contributed by atoms with Gasteiger partial charge < -0.3 is 20.3 Å². The molecule has 0 saturated heterocycles. The number of guanidine groups is 1. The van der Waals surface area contributed by atoms with E-state index in [1.807, 2.05) is 39.6 Å². The SMILES string of the molecule is CCNC(=NCC(OC)C(C)(C)C)N(C)CC(=O)NC(C)(C)C.I. The topological polar surface area (TPSA) is 66.0 Å². The van der Waals surface area contributed by atoms with Crippen LogP contribution in [0.15, 0.2) is 4.99 Å². The smallest absolute Gasteiger partial charge is 0.240 e. The number of hydrogen-bond acceptors (Lipinski definition) is 3. The summed E-state index contributed by atoms with van der Waals surface area (Å²) in [5.41, 5.74) is -0.224. The fraction of sp³-hybridized carbons (Fsp3) is 0.882. The van der Waals surface area contributed by atoms with Crippen molar-refractivity contribution in [1.29, 1.82) is 0 Å². The number of methoxy groups -OCH3 is 1. The van der Waals surface area contributed by atoms with Crippen LogP contribution in [-0.4, -0.2) is 62.2 Å². The molecule has 0 spiro atoms. The van der Waals surface area contributed by atoms with Gasteiger partial charge in [0.25, 0.3) is 0 Å². The molecule has 1 atom stereocenters. The molecule has 0 aromatic rings. The van der Waals surface area contributed by atoms with Crippen LogP contribution in [0.2, 0.25) is 0 Å². The Morgan fingerprint density at radius 1 is 1.21 bits per heavy atom. The first-order valence-corrected chi connectivity index (χ1v) is 8.24. The summed E-state index contributed by atoms with van der Waals surface area (Å²) in [6, 6.07) is 0. The maximum Gasteiger partial charge on any atom is 0.240 e. The van der Waals surface area contributed by atoms with E-state index in [0.29, 0.717) is 12.5 Å². The fourth-order valence-corrected chi connectivity index (χ4v) is 2.09. The third-order valence-corrected chi connectivity index (χ3v) is 3.25.